The first-order valence-corrected chi connectivity index (χ1v) is 40.7. The summed E-state index contributed by atoms with van der Waals surface area (Å²) < 4.78 is 51.0. The molecule has 5 aromatic heterocycles. The molecule has 0 fully saturated rings. The van der Waals surface area contributed by atoms with E-state index >= 15 is 0 Å². The third-order valence-corrected chi connectivity index (χ3v) is 23.8. The smallest absolute Gasteiger partial charge is 0.384 e. The molecule has 632 valence electrons. The fourth-order valence-corrected chi connectivity index (χ4v) is 19.2. The molecule has 5 unspecified atom stereocenters. The second kappa shape index (κ2) is 34.7. The van der Waals surface area contributed by atoms with Gasteiger partial charge < -0.3 is 56.3 Å². The Hall–Kier alpha value is -13.5. The quantitative estimate of drug-likeness (QED) is 0.0598. The summed E-state index contributed by atoms with van der Waals surface area (Å²) in [5.41, 5.74) is 28.0. The van der Waals surface area contributed by atoms with Crippen LogP contribution >= 0.6 is 0 Å². The van der Waals surface area contributed by atoms with Gasteiger partial charge in [0.05, 0.1) is 45.7 Å². The van der Waals surface area contributed by atoms with Crippen molar-refractivity contribution in [2.24, 2.45) is 41.1 Å². The predicted octanol–water partition coefficient (Wildman–Crippen LogP) is 20.1. The number of allylic oxidation sites excluding steroid dienone is 6. The summed E-state index contributed by atoms with van der Waals surface area (Å²) in [6, 6.07) is 46.4. The molecule has 0 spiro atoms. The molecule has 22 nitrogen and oxygen atoms in total. The van der Waals surface area contributed by atoms with E-state index in [-0.39, 0.29) is 36.6 Å². The van der Waals surface area contributed by atoms with Crippen molar-refractivity contribution in [2.45, 2.75) is 187 Å². The number of primary amides is 1. The maximum atomic E-state index is 13.7. The van der Waals surface area contributed by atoms with Crippen LogP contribution in [0.15, 0.2) is 229 Å². The van der Waals surface area contributed by atoms with Gasteiger partial charge in [-0.15, -0.1) is 0 Å². The highest BCUT2D eigenvalue weighted by atomic mass is 19.4. The number of rotatable bonds is 12. The van der Waals surface area contributed by atoms with Gasteiger partial charge in [0.1, 0.15) is 45.9 Å². The lowest BCUT2D eigenvalue weighted by Crippen LogP contribution is -2.49. The van der Waals surface area contributed by atoms with Gasteiger partial charge >= 0.3 is 6.18 Å². The highest BCUT2D eigenvalue weighted by Gasteiger charge is 2.53. The van der Waals surface area contributed by atoms with Crippen molar-refractivity contribution in [3.05, 3.63) is 318 Å². The number of carbonyl (C=O) groups is 1. The average molecular weight is 1650 g/mol. The summed E-state index contributed by atoms with van der Waals surface area (Å²) >= 11 is 0. The molecular formula is C97H112F3N21O. The number of carbonyl (C=O) groups excluding carboxylic acids is 1. The number of amides is 1. The fourth-order valence-electron chi connectivity index (χ4n) is 19.2. The van der Waals surface area contributed by atoms with Crippen LogP contribution in [-0.4, -0.2) is 58.9 Å². The Morgan fingerprint density at radius 3 is 1.25 bits per heavy atom. The molecule has 0 aliphatic carbocycles. The number of alkyl halides is 3. The molecule has 1 amide bonds. The zero-order valence-electron chi connectivity index (χ0n) is 72.7. The van der Waals surface area contributed by atoms with Gasteiger partial charge in [-0.2, -0.15) is 39.0 Å². The second-order valence-electron chi connectivity index (χ2n) is 33.8. The lowest BCUT2D eigenvalue weighted by atomic mass is 9.71. The topological polar surface area (TPSA) is 303 Å². The summed E-state index contributed by atoms with van der Waals surface area (Å²) in [6.45, 7) is 43.3. The Balaban J connectivity index is 0.000000150. The highest BCUT2D eigenvalue weighted by molar-refractivity contribution is 5.97. The van der Waals surface area contributed by atoms with E-state index in [1.54, 1.807) is 47.0 Å². The number of nitrogens with two attached hydrogens (primary N) is 2. The van der Waals surface area contributed by atoms with Crippen LogP contribution in [0.2, 0.25) is 0 Å². The maximum absolute atomic E-state index is 13.7. The van der Waals surface area contributed by atoms with Gasteiger partial charge in [0.15, 0.2) is 0 Å². The lowest BCUT2D eigenvalue weighted by Gasteiger charge is -2.45. The number of nitrogens with zero attached hydrogens (tertiary/aromatic N) is 14. The molecule has 0 radical (unpaired) electrons. The number of nitrogens with one attached hydrogen (secondary N) is 5. The van der Waals surface area contributed by atoms with Crippen LogP contribution in [0.5, 0.6) is 0 Å². The number of halogens is 3. The van der Waals surface area contributed by atoms with Gasteiger partial charge in [0.25, 0.3) is 0 Å². The fraction of sp³-hybridized carbons (Fsp3) is 0.340. The summed E-state index contributed by atoms with van der Waals surface area (Å²) in [5, 5.41) is 50.4. The van der Waals surface area contributed by atoms with Crippen molar-refractivity contribution in [3.8, 4) is 18.2 Å². The number of benzene rings is 6. The van der Waals surface area contributed by atoms with Crippen LogP contribution in [0.25, 0.3) is 5.70 Å². The van der Waals surface area contributed by atoms with Crippen LogP contribution in [0.4, 0.5) is 42.9 Å². The number of aromatic nitrogens is 11. The number of hydrogen-bond acceptors (Lipinski definition) is 16. The molecule has 0 saturated carbocycles. The Morgan fingerprint density at radius 1 is 0.434 bits per heavy atom. The number of aryl methyl sites for hydroxylation is 9. The van der Waals surface area contributed by atoms with Crippen LogP contribution < -0.4 is 38.1 Å². The van der Waals surface area contributed by atoms with Crippen molar-refractivity contribution in [1.82, 2.24) is 53.0 Å². The van der Waals surface area contributed by atoms with Gasteiger partial charge in [0, 0.05) is 67.2 Å². The molecule has 5 aliphatic rings. The maximum Gasteiger partial charge on any atom is 0.416 e. The van der Waals surface area contributed by atoms with Crippen LogP contribution in [0, 0.1) is 126 Å². The van der Waals surface area contributed by atoms with E-state index in [2.05, 4.69) is 266 Å². The molecule has 9 N–H and O–H groups in total. The van der Waals surface area contributed by atoms with E-state index in [1.165, 1.54) is 34.1 Å². The second-order valence-corrected chi connectivity index (χ2v) is 33.8. The van der Waals surface area contributed by atoms with Gasteiger partial charge in [-0.05, 0) is 157 Å². The molecule has 10 heterocycles. The van der Waals surface area contributed by atoms with Gasteiger partial charge in [0.2, 0.25) is 35.6 Å². The van der Waals surface area contributed by atoms with Crippen LogP contribution in [0.3, 0.4) is 0 Å². The number of anilines is 5. The number of fused-ring (bicyclic) bond motifs is 5. The molecule has 5 atom stereocenters. The van der Waals surface area contributed by atoms with Crippen molar-refractivity contribution >= 4 is 41.3 Å². The monoisotopic (exact) mass is 1640 g/mol. The molecule has 11 aromatic rings. The summed E-state index contributed by atoms with van der Waals surface area (Å²) in [4.78, 5) is 34.3. The molecule has 5 aliphatic heterocycles. The van der Waals surface area contributed by atoms with Gasteiger partial charge in [-0.3, -0.25) is 4.79 Å². The van der Waals surface area contributed by atoms with Crippen molar-refractivity contribution in [1.29, 1.82) is 15.8 Å². The molecule has 0 saturated heterocycles. The number of imidazole rings is 4. The van der Waals surface area contributed by atoms with Crippen molar-refractivity contribution in [2.75, 3.05) is 26.6 Å². The summed E-state index contributed by atoms with van der Waals surface area (Å²) in [5.74, 6) is 3.90. The van der Waals surface area contributed by atoms with E-state index in [0.717, 1.165) is 91.5 Å². The Kier molecular flexibility index (Phi) is 25.4. The predicted molar refractivity (Wildman–Crippen MR) is 478 cm³/mol. The van der Waals surface area contributed by atoms with E-state index in [4.69, 9.17) is 11.5 Å². The molecule has 122 heavy (non-hydrogen) atoms. The van der Waals surface area contributed by atoms with Gasteiger partial charge in [-0.1, -0.05) is 236 Å². The van der Waals surface area contributed by atoms with E-state index < -0.39 is 39.8 Å². The first-order chi connectivity index (χ1) is 57.3. The number of hydrogen-bond donors (Lipinski definition) is 7. The molecule has 0 bridgehead atoms. The van der Waals surface area contributed by atoms with Gasteiger partial charge in [-0.25, -0.2) is 24.6 Å². The van der Waals surface area contributed by atoms with E-state index in [0.29, 0.717) is 57.2 Å². The molecule has 25 heteroatoms. The number of nitriles is 3. The minimum Gasteiger partial charge on any atom is -0.384 e. The normalized spacial score (nSPS) is 19.7. The average Bonchev–Trinajstić information content (AvgIpc) is 1.31. The Morgan fingerprint density at radius 2 is 0.820 bits per heavy atom. The Bertz CT molecular complexity index is 5870. The largest absolute Gasteiger partial charge is 0.416 e. The summed E-state index contributed by atoms with van der Waals surface area (Å²) in [7, 11) is 0. The zero-order valence-corrected chi connectivity index (χ0v) is 72.7. The van der Waals surface area contributed by atoms with Crippen molar-refractivity contribution < 1.29 is 18.0 Å². The minimum atomic E-state index is -4.50. The zero-order chi connectivity index (χ0) is 87.9. The van der Waals surface area contributed by atoms with E-state index in [9.17, 15) is 33.8 Å². The third kappa shape index (κ3) is 15.4. The molecular weight excluding hydrogens is 1530 g/mol. The summed E-state index contributed by atoms with van der Waals surface area (Å²) in [6.07, 6.45) is 15.9. The lowest BCUT2D eigenvalue weighted by molar-refractivity contribution is -0.137. The third-order valence-electron chi connectivity index (χ3n) is 23.8. The van der Waals surface area contributed by atoms with Crippen molar-refractivity contribution in [3.63, 3.8) is 0 Å². The molecule has 16 rings (SSSR count). The van der Waals surface area contributed by atoms with Crippen LogP contribution in [-0.2, 0) is 38.7 Å². The standard InChI is InChI=1S/C24H21F3N4.C19H24N4O.C19H22N4.C17H20N6.C17H21N3.CH4/c1-15(2)23(18-11-16(3)12-19(13-18)24(25,26)27)20(14-28)21(17-7-5-4-6-8-17)30-22-29-9-10-31(22)23;1-11(2)19(15-9-12(3)8-13(4)10-15)16(17(20)24)14(5)22-18-21-6-7-23(18)19;1-12(2)19(16-9-13(3)8-14(4)10-16)17(11-20)15(5)22-18-21-6-7-23(18)19;1-10(2)17(13-6-11(3)5-12(4)7-13)14(8-18)15(19)22-16-20-9-21-23(16)17;1-12(2)17(15-10-13(3)9-14(4)11-15)5-6-18-16-19-7-8-20(16)17;/h4-13,15H,1-3H3,(H,29,30);6-11H,1-5H3,(H2,20,24)(H,21,22);6-10,12H,1-5H3,(H,21,22);5-7,9-10H,19H2,1-4H3,(H,20,21,22);5-12H,1-4H3,(H,18,19);1H4. The van der Waals surface area contributed by atoms with E-state index in [1.807, 2.05) is 101 Å². The van der Waals surface area contributed by atoms with Crippen LogP contribution in [0.1, 0.15) is 180 Å². The highest BCUT2D eigenvalue weighted by Crippen LogP contribution is 2.53. The SMILES string of the molecule is C.CC1=C(C#N)C(c2cc(C)cc(C)c2)(C(C)C)n2ccnc2N1.CC1=C(C(N)=O)C(c2cc(C)cc(C)c2)(C(C)C)n2ccnc2N1.Cc1cc(C(F)(F)F)cc(C2(C(C)C)C(C#N)=C(c3ccccc3)Nc3nccn32)c1.Cc1cc(C)cc(C2(C(C)C)C(C#N)=C(N)Nc3ncnn32)c1.Cc1cc(C)cc(C2(C(C)C)C=CNc3nccn32)c1. The first kappa shape index (κ1) is 89.3. The first-order valence-electron chi connectivity index (χ1n) is 40.7. The Labute approximate surface area is 714 Å². The minimum absolute atomic E-state index is 0. The molecule has 6 aromatic carbocycles.